The highest BCUT2D eigenvalue weighted by molar-refractivity contribution is 5.91. The molecule has 37 heavy (non-hydrogen) atoms. The molecular weight excluding hydrogens is 466 g/mol. The number of ether oxygens (including phenoxy) is 2. The average molecular weight is 504 g/mol. The van der Waals surface area contributed by atoms with Crippen molar-refractivity contribution in [3.63, 3.8) is 0 Å². The number of hydrogen-bond acceptors (Lipinski definition) is 8. The lowest BCUT2D eigenvalue weighted by Crippen LogP contribution is -2.56. The highest BCUT2D eigenvalue weighted by Crippen LogP contribution is 2.42. The number of piperidine rings is 1. The van der Waals surface area contributed by atoms with E-state index in [0.717, 1.165) is 63.5 Å². The Bertz CT molecular complexity index is 1250. The number of carbonyl (C=O) groups is 1. The second-order valence-electron chi connectivity index (χ2n) is 10.6. The molecule has 0 radical (unpaired) electrons. The number of carbonyl (C=O) groups excluding carboxylic acids is 1. The first-order chi connectivity index (χ1) is 17.9. The number of aromatic nitrogens is 2. The third-order valence-electron chi connectivity index (χ3n) is 8.53. The fraction of sp³-hybridized carbons (Fsp3) is 0.483. The maximum atomic E-state index is 12.2. The lowest BCUT2D eigenvalue weighted by molar-refractivity contribution is -0.119. The minimum absolute atomic E-state index is 0.0835. The molecule has 1 aliphatic carbocycles. The standard InChI is InChI=1S/C29H37N5O3/c1-33(27-31-23-18-25(37-3)24(36-2)17-22(23)26(30)32-27)19-28(21-9-5-4-6-10-21)13-15-34(16-14-28)29(20-35)11-7-8-12-29/h4-6,9-10,17-18,20H,7-8,11-16,19H2,1-3H3,(H2,30,31,32). The lowest BCUT2D eigenvalue weighted by atomic mass is 9.71. The van der Waals surface area contributed by atoms with Crippen LogP contribution in [0.3, 0.4) is 0 Å². The van der Waals surface area contributed by atoms with Gasteiger partial charge in [-0.3, -0.25) is 4.90 Å². The second kappa shape index (κ2) is 10.2. The van der Waals surface area contributed by atoms with E-state index in [0.29, 0.717) is 28.8 Å². The first kappa shape index (κ1) is 25.3. The van der Waals surface area contributed by atoms with Crippen molar-refractivity contribution >= 4 is 29.0 Å². The molecule has 196 valence electrons. The van der Waals surface area contributed by atoms with E-state index < -0.39 is 0 Å². The van der Waals surface area contributed by atoms with Crippen LogP contribution in [0.2, 0.25) is 0 Å². The van der Waals surface area contributed by atoms with Gasteiger partial charge >= 0.3 is 0 Å². The van der Waals surface area contributed by atoms with Gasteiger partial charge in [-0.05, 0) is 37.3 Å². The van der Waals surface area contributed by atoms with E-state index in [4.69, 9.17) is 20.2 Å². The van der Waals surface area contributed by atoms with Crippen LogP contribution in [0.1, 0.15) is 44.1 Å². The highest BCUT2D eigenvalue weighted by atomic mass is 16.5. The number of rotatable bonds is 8. The molecule has 0 unspecified atom stereocenters. The number of fused-ring (bicyclic) bond motifs is 1. The van der Waals surface area contributed by atoms with Crippen LogP contribution in [0, 0.1) is 0 Å². The van der Waals surface area contributed by atoms with Gasteiger partial charge < -0.3 is 24.9 Å². The quantitative estimate of drug-likeness (QED) is 0.457. The molecule has 0 spiro atoms. The predicted molar refractivity (Wildman–Crippen MR) is 147 cm³/mol. The van der Waals surface area contributed by atoms with Gasteiger partial charge in [0.1, 0.15) is 12.1 Å². The Kier molecular flexibility index (Phi) is 6.94. The number of nitrogen functional groups attached to an aromatic ring is 1. The summed E-state index contributed by atoms with van der Waals surface area (Å²) in [5, 5.41) is 0.733. The summed E-state index contributed by atoms with van der Waals surface area (Å²) in [5.41, 5.74) is 8.06. The topological polar surface area (TPSA) is 93.8 Å². The molecule has 0 bridgehead atoms. The fourth-order valence-electron chi connectivity index (χ4n) is 6.37. The van der Waals surface area contributed by atoms with Crippen molar-refractivity contribution in [2.45, 2.75) is 49.5 Å². The van der Waals surface area contributed by atoms with Crippen molar-refractivity contribution in [3.05, 3.63) is 48.0 Å². The molecule has 0 atom stereocenters. The molecule has 8 heteroatoms. The van der Waals surface area contributed by atoms with Crippen LogP contribution in [0.5, 0.6) is 11.5 Å². The van der Waals surface area contributed by atoms with Gasteiger partial charge in [0.2, 0.25) is 5.95 Å². The summed E-state index contributed by atoms with van der Waals surface area (Å²) in [5.74, 6) is 2.18. The van der Waals surface area contributed by atoms with Gasteiger partial charge in [-0.2, -0.15) is 4.98 Å². The van der Waals surface area contributed by atoms with E-state index >= 15 is 0 Å². The average Bonchev–Trinajstić information content (AvgIpc) is 3.43. The zero-order valence-corrected chi connectivity index (χ0v) is 22.1. The Balaban J connectivity index is 1.45. The molecule has 2 aromatic carbocycles. The normalized spacial score (nSPS) is 19.0. The molecule has 1 saturated heterocycles. The van der Waals surface area contributed by atoms with Crippen molar-refractivity contribution in [2.75, 3.05) is 51.5 Å². The van der Waals surface area contributed by atoms with Gasteiger partial charge in [0.25, 0.3) is 0 Å². The van der Waals surface area contributed by atoms with Gasteiger partial charge in [-0.1, -0.05) is 43.2 Å². The molecule has 2 N–H and O–H groups in total. The Hall–Kier alpha value is -3.39. The van der Waals surface area contributed by atoms with E-state index in [1.54, 1.807) is 14.2 Å². The first-order valence-electron chi connectivity index (χ1n) is 13.1. The minimum atomic E-state index is -0.273. The van der Waals surface area contributed by atoms with E-state index in [1.807, 2.05) is 19.2 Å². The van der Waals surface area contributed by atoms with Gasteiger partial charge in [-0.25, -0.2) is 4.98 Å². The zero-order chi connectivity index (χ0) is 26.0. The molecule has 2 aliphatic rings. The number of nitrogens with zero attached hydrogens (tertiary/aromatic N) is 4. The summed E-state index contributed by atoms with van der Waals surface area (Å²) in [6.07, 6.45) is 7.38. The summed E-state index contributed by atoms with van der Waals surface area (Å²) in [4.78, 5) is 26.2. The summed E-state index contributed by atoms with van der Waals surface area (Å²) < 4.78 is 10.9. The van der Waals surface area contributed by atoms with Crippen molar-refractivity contribution in [1.29, 1.82) is 0 Å². The first-order valence-corrected chi connectivity index (χ1v) is 13.1. The number of nitrogens with two attached hydrogens (primary N) is 1. The van der Waals surface area contributed by atoms with Crippen molar-refractivity contribution in [3.8, 4) is 11.5 Å². The van der Waals surface area contributed by atoms with Crippen LogP contribution in [0.25, 0.3) is 10.9 Å². The highest BCUT2D eigenvalue weighted by Gasteiger charge is 2.45. The Morgan fingerprint density at radius 3 is 2.27 bits per heavy atom. The molecule has 1 aliphatic heterocycles. The van der Waals surface area contributed by atoms with Gasteiger partial charge in [0, 0.05) is 43.5 Å². The van der Waals surface area contributed by atoms with Crippen molar-refractivity contribution in [2.24, 2.45) is 0 Å². The van der Waals surface area contributed by atoms with Crippen LogP contribution in [-0.4, -0.2) is 67.6 Å². The van der Waals surface area contributed by atoms with E-state index in [-0.39, 0.29) is 11.0 Å². The third kappa shape index (κ3) is 4.59. The maximum absolute atomic E-state index is 12.2. The summed E-state index contributed by atoms with van der Waals surface area (Å²) in [6.45, 7) is 2.55. The lowest BCUT2D eigenvalue weighted by Gasteiger charge is -2.48. The largest absolute Gasteiger partial charge is 0.493 e. The van der Waals surface area contributed by atoms with Crippen molar-refractivity contribution in [1.82, 2.24) is 14.9 Å². The number of anilines is 2. The number of likely N-dealkylation sites (N-methyl/N-ethyl adjacent to an activating group) is 1. The number of hydrogen-bond donors (Lipinski definition) is 1. The molecule has 0 amide bonds. The van der Waals surface area contributed by atoms with E-state index in [1.165, 1.54) is 11.8 Å². The van der Waals surface area contributed by atoms with Gasteiger partial charge in [0.05, 0.1) is 25.3 Å². The predicted octanol–water partition coefficient (Wildman–Crippen LogP) is 4.21. The number of likely N-dealkylation sites (tertiary alicyclic amines) is 1. The smallest absolute Gasteiger partial charge is 0.227 e. The van der Waals surface area contributed by atoms with Crippen LogP contribution >= 0.6 is 0 Å². The molecule has 3 aromatic rings. The van der Waals surface area contributed by atoms with Crippen molar-refractivity contribution < 1.29 is 14.3 Å². The molecule has 2 heterocycles. The van der Waals surface area contributed by atoms with Crippen LogP contribution in [0.15, 0.2) is 42.5 Å². The Morgan fingerprint density at radius 2 is 1.65 bits per heavy atom. The number of aldehydes is 1. The molecule has 8 nitrogen and oxygen atoms in total. The fourth-order valence-corrected chi connectivity index (χ4v) is 6.37. The monoisotopic (exact) mass is 503 g/mol. The molecular formula is C29H37N5O3. The SMILES string of the molecule is COc1cc2nc(N(C)CC3(c4ccccc4)CCN(C4(C=O)CCCC4)CC3)nc(N)c2cc1OC. The molecule has 1 saturated carbocycles. The second-order valence-corrected chi connectivity index (χ2v) is 10.6. The van der Waals surface area contributed by atoms with E-state index in [2.05, 4.69) is 45.1 Å². The summed E-state index contributed by atoms with van der Waals surface area (Å²) >= 11 is 0. The Morgan fingerprint density at radius 1 is 1.00 bits per heavy atom. The number of methoxy groups -OCH3 is 2. The number of benzene rings is 2. The summed E-state index contributed by atoms with van der Waals surface area (Å²) in [6, 6.07) is 14.4. The van der Waals surface area contributed by atoms with Crippen LogP contribution < -0.4 is 20.1 Å². The third-order valence-corrected chi connectivity index (χ3v) is 8.53. The van der Waals surface area contributed by atoms with Crippen LogP contribution in [-0.2, 0) is 10.2 Å². The minimum Gasteiger partial charge on any atom is -0.493 e. The van der Waals surface area contributed by atoms with Crippen LogP contribution in [0.4, 0.5) is 11.8 Å². The summed E-state index contributed by atoms with van der Waals surface area (Å²) in [7, 11) is 5.24. The van der Waals surface area contributed by atoms with Gasteiger partial charge in [-0.15, -0.1) is 0 Å². The van der Waals surface area contributed by atoms with E-state index in [9.17, 15) is 4.79 Å². The molecule has 5 rings (SSSR count). The molecule has 1 aromatic heterocycles. The zero-order valence-electron chi connectivity index (χ0n) is 22.1. The Labute approximate surface area is 218 Å². The maximum Gasteiger partial charge on any atom is 0.227 e. The molecule has 2 fully saturated rings. The van der Waals surface area contributed by atoms with Gasteiger partial charge in [0.15, 0.2) is 11.5 Å².